The lowest BCUT2D eigenvalue weighted by Gasteiger charge is -2.40. The summed E-state index contributed by atoms with van der Waals surface area (Å²) in [6.45, 7) is 8.56. The number of halogens is 2. The number of nitrogens with zero attached hydrogens (tertiary/aromatic N) is 4. The number of aliphatic imine (C=N–C) groups is 1. The van der Waals surface area contributed by atoms with Crippen LogP contribution in [0, 0.1) is 13.8 Å². The number of sulfonamides is 1. The minimum absolute atomic E-state index is 0.0128. The molecule has 272 valence electrons. The van der Waals surface area contributed by atoms with Crippen molar-refractivity contribution in [1.82, 2.24) is 19.5 Å². The number of ether oxygens (including phenoxy) is 1. The second-order valence-corrected chi connectivity index (χ2v) is 15.2. The minimum Gasteiger partial charge on any atom is -0.487 e. The fourth-order valence-corrected chi connectivity index (χ4v) is 8.21. The Labute approximate surface area is 303 Å². The Morgan fingerprint density at radius 1 is 1.10 bits per heavy atom. The van der Waals surface area contributed by atoms with E-state index in [1.165, 1.54) is 19.1 Å². The number of fused-ring (bicyclic) bond motifs is 1. The third-order valence-corrected chi connectivity index (χ3v) is 11.4. The summed E-state index contributed by atoms with van der Waals surface area (Å²) in [6, 6.07) is 9.97. The number of carbonyl (C=O) groups is 2. The Morgan fingerprint density at radius 2 is 1.78 bits per heavy atom. The summed E-state index contributed by atoms with van der Waals surface area (Å²) in [6.07, 6.45) is 1.56. The molecule has 50 heavy (non-hydrogen) atoms. The number of para-hydroxylation sites is 1. The van der Waals surface area contributed by atoms with Crippen molar-refractivity contribution in [2.24, 2.45) is 22.2 Å². The van der Waals surface area contributed by atoms with Crippen LogP contribution in [-0.2, 0) is 26.2 Å². The highest BCUT2D eigenvalue weighted by Gasteiger charge is 2.41. The first-order valence-corrected chi connectivity index (χ1v) is 18.7. The molecule has 2 atom stereocenters. The Balaban J connectivity index is 1.42. The van der Waals surface area contributed by atoms with E-state index in [-0.39, 0.29) is 71.0 Å². The molecule has 0 aliphatic carbocycles. The Kier molecular flexibility index (Phi) is 12.9. The van der Waals surface area contributed by atoms with Gasteiger partial charge in [-0.05, 0) is 69.9 Å². The number of carbonyl (C=O) groups excluding carboxylic acids is 2. The molecule has 0 radical (unpaired) electrons. The molecular formula is C34H46Cl2N8O5S. The lowest BCUT2D eigenvalue weighted by Crippen LogP contribution is -2.61. The number of aromatic nitrogens is 1. The number of hydrogen-bond acceptors (Lipinski definition) is 8. The van der Waals surface area contributed by atoms with Gasteiger partial charge in [0, 0.05) is 66.9 Å². The molecule has 0 unspecified atom stereocenters. The van der Waals surface area contributed by atoms with Crippen molar-refractivity contribution < 1.29 is 22.7 Å². The standard InChI is InChI=1S/C34H46Cl2N8O5S/c1-5-34(4,32(46)44-16-14-43(15-17-44)29(45)19-23(37)8-7-13-40-33(38)39)42-50(47,48)28-12-11-26(35)25(30(28)36)20-49-27-10-6-9-24-21(2)18-22(3)41-31(24)27/h6,9-12,18,23,42H,5,7-8,13-17,19-20,37H2,1-4H3,(H4,38,39,40)/t23-,34+/m0/s1. The molecule has 0 saturated carbocycles. The zero-order valence-corrected chi connectivity index (χ0v) is 31.2. The fourth-order valence-electron chi connectivity index (χ4n) is 5.88. The number of pyridine rings is 1. The normalized spacial score (nSPS) is 15.4. The van der Waals surface area contributed by atoms with Gasteiger partial charge in [0.2, 0.25) is 21.8 Å². The smallest absolute Gasteiger partial charge is 0.243 e. The molecule has 1 saturated heterocycles. The van der Waals surface area contributed by atoms with E-state index in [9.17, 15) is 18.0 Å². The van der Waals surface area contributed by atoms with E-state index in [0.29, 0.717) is 43.7 Å². The third-order valence-electron chi connectivity index (χ3n) is 8.87. The van der Waals surface area contributed by atoms with E-state index in [1.807, 2.05) is 32.0 Å². The predicted molar refractivity (Wildman–Crippen MR) is 197 cm³/mol. The molecule has 0 spiro atoms. The van der Waals surface area contributed by atoms with Gasteiger partial charge in [-0.1, -0.05) is 42.3 Å². The number of benzene rings is 2. The van der Waals surface area contributed by atoms with E-state index in [4.69, 9.17) is 45.1 Å². The van der Waals surface area contributed by atoms with Crippen molar-refractivity contribution in [1.29, 1.82) is 0 Å². The van der Waals surface area contributed by atoms with Crippen molar-refractivity contribution >= 4 is 61.9 Å². The first kappa shape index (κ1) is 39.1. The van der Waals surface area contributed by atoms with Crippen LogP contribution in [0.5, 0.6) is 5.75 Å². The molecule has 4 rings (SSSR count). The van der Waals surface area contributed by atoms with Crippen molar-refractivity contribution in [3.63, 3.8) is 0 Å². The summed E-state index contributed by atoms with van der Waals surface area (Å²) in [5, 5.41) is 1.04. The van der Waals surface area contributed by atoms with Gasteiger partial charge in [-0.25, -0.2) is 13.4 Å². The number of aryl methyl sites for hydroxylation is 2. The van der Waals surface area contributed by atoms with E-state index in [1.54, 1.807) is 22.8 Å². The lowest BCUT2D eigenvalue weighted by atomic mass is 9.98. The molecule has 13 nitrogen and oxygen atoms in total. The SMILES string of the molecule is CC[C@@](C)(NS(=O)(=O)c1ccc(Cl)c(COc2cccc3c(C)cc(C)nc23)c1Cl)C(=O)N1CCN(C(=O)C[C@@H](N)CCCN=C(N)N)CC1. The predicted octanol–water partition coefficient (Wildman–Crippen LogP) is 3.63. The number of rotatable bonds is 14. The van der Waals surface area contributed by atoms with Gasteiger partial charge in [-0.3, -0.25) is 14.6 Å². The van der Waals surface area contributed by atoms with Crippen molar-refractivity contribution in [2.75, 3.05) is 32.7 Å². The molecule has 1 aliphatic rings. The van der Waals surface area contributed by atoms with Gasteiger partial charge in [0.25, 0.3) is 0 Å². The quantitative estimate of drug-likeness (QED) is 0.108. The van der Waals surface area contributed by atoms with Gasteiger partial charge in [-0.2, -0.15) is 4.72 Å². The maximum absolute atomic E-state index is 13.8. The highest BCUT2D eigenvalue weighted by Crippen LogP contribution is 2.34. The van der Waals surface area contributed by atoms with Gasteiger partial charge >= 0.3 is 0 Å². The maximum Gasteiger partial charge on any atom is 0.243 e. The van der Waals surface area contributed by atoms with Crippen molar-refractivity contribution in [2.45, 2.75) is 76.5 Å². The zero-order valence-electron chi connectivity index (χ0n) is 28.8. The summed E-state index contributed by atoms with van der Waals surface area (Å²) >= 11 is 13.2. The van der Waals surface area contributed by atoms with E-state index >= 15 is 0 Å². The number of nitrogens with one attached hydrogen (secondary N) is 1. The Bertz CT molecular complexity index is 1860. The molecule has 7 N–H and O–H groups in total. The number of guanidine groups is 1. The van der Waals surface area contributed by atoms with E-state index in [2.05, 4.69) is 14.7 Å². The number of nitrogens with two attached hydrogens (primary N) is 3. The number of piperazine rings is 1. The summed E-state index contributed by atoms with van der Waals surface area (Å²) in [7, 11) is -4.32. The van der Waals surface area contributed by atoms with Gasteiger partial charge in [0.15, 0.2) is 5.96 Å². The number of amides is 2. The molecule has 2 aromatic carbocycles. The maximum atomic E-state index is 13.8. The molecule has 3 aromatic rings. The van der Waals surface area contributed by atoms with Gasteiger partial charge < -0.3 is 31.7 Å². The second-order valence-electron chi connectivity index (χ2n) is 12.7. The zero-order chi connectivity index (χ0) is 36.8. The van der Waals surface area contributed by atoms with E-state index in [0.717, 1.165) is 16.6 Å². The molecule has 1 fully saturated rings. The van der Waals surface area contributed by atoms with E-state index < -0.39 is 21.5 Å². The van der Waals surface area contributed by atoms with Crippen LogP contribution in [0.1, 0.15) is 56.4 Å². The Hall–Kier alpha value is -3.69. The average molecular weight is 750 g/mol. The summed E-state index contributed by atoms with van der Waals surface area (Å²) < 4.78 is 36.4. The van der Waals surface area contributed by atoms with Gasteiger partial charge in [0.05, 0.1) is 5.02 Å². The highest BCUT2D eigenvalue weighted by atomic mass is 35.5. The lowest BCUT2D eigenvalue weighted by molar-refractivity contribution is -0.143. The molecule has 16 heteroatoms. The first-order valence-electron chi connectivity index (χ1n) is 16.4. The van der Waals surface area contributed by atoms with Crippen LogP contribution in [0.4, 0.5) is 0 Å². The average Bonchev–Trinajstić information content (AvgIpc) is 3.06. The molecule has 2 amide bonds. The van der Waals surface area contributed by atoms with Crippen LogP contribution >= 0.6 is 23.2 Å². The molecular weight excluding hydrogens is 703 g/mol. The topological polar surface area (TPSA) is 199 Å². The summed E-state index contributed by atoms with van der Waals surface area (Å²) in [4.78, 5) is 38.2. The summed E-state index contributed by atoms with van der Waals surface area (Å²) in [5.41, 5.74) is 18.1. The molecule has 1 aliphatic heterocycles. The summed E-state index contributed by atoms with van der Waals surface area (Å²) in [5.74, 6) is -0.000724. The van der Waals surface area contributed by atoms with Crippen LogP contribution in [0.3, 0.4) is 0 Å². The first-order chi connectivity index (χ1) is 23.6. The molecule has 0 bridgehead atoms. The number of hydrogen-bond donors (Lipinski definition) is 4. The Morgan fingerprint density at radius 3 is 2.44 bits per heavy atom. The second kappa shape index (κ2) is 16.6. The fraction of sp³-hybridized carbons (Fsp3) is 0.471. The van der Waals surface area contributed by atoms with Crippen LogP contribution in [0.25, 0.3) is 10.9 Å². The third kappa shape index (κ3) is 9.34. The minimum atomic E-state index is -4.32. The van der Waals surface area contributed by atoms with Crippen molar-refractivity contribution in [3.8, 4) is 5.75 Å². The molecule has 1 aromatic heterocycles. The van der Waals surface area contributed by atoms with Crippen LogP contribution in [-0.4, -0.2) is 85.3 Å². The van der Waals surface area contributed by atoms with Gasteiger partial charge in [-0.15, -0.1) is 0 Å². The largest absolute Gasteiger partial charge is 0.487 e. The van der Waals surface area contributed by atoms with Crippen LogP contribution in [0.15, 0.2) is 46.3 Å². The van der Waals surface area contributed by atoms with Gasteiger partial charge in [0.1, 0.15) is 28.3 Å². The monoisotopic (exact) mass is 748 g/mol. The highest BCUT2D eigenvalue weighted by molar-refractivity contribution is 7.89. The van der Waals surface area contributed by atoms with Crippen LogP contribution < -0.4 is 26.7 Å². The van der Waals surface area contributed by atoms with Crippen LogP contribution in [0.2, 0.25) is 10.0 Å². The molecule has 2 heterocycles. The van der Waals surface area contributed by atoms with Crippen molar-refractivity contribution in [3.05, 3.63) is 63.3 Å².